The third-order valence-electron chi connectivity index (χ3n) is 5.14. The maximum Gasteiger partial charge on any atom is 0.111 e. The van der Waals surface area contributed by atoms with Gasteiger partial charge < -0.3 is 10.2 Å². The van der Waals surface area contributed by atoms with Crippen LogP contribution in [0, 0.1) is 0 Å². The maximum absolute atomic E-state index is 3.89. The van der Waals surface area contributed by atoms with Crippen LogP contribution < -0.4 is 5.32 Å². The SMILES string of the molecule is C=C=C(CC/C=C\CCCCCC)CCCCCCCNC(=C=C)SCCN(C)C. The lowest BCUT2D eigenvalue weighted by atomic mass is 10.0. The molecule has 0 saturated carbocycles. The molecule has 30 heavy (non-hydrogen) atoms. The van der Waals surface area contributed by atoms with Crippen molar-refractivity contribution < 1.29 is 0 Å². The molecule has 0 amide bonds. The molecule has 0 radical (unpaired) electrons. The van der Waals surface area contributed by atoms with Crippen LogP contribution in [0.3, 0.4) is 0 Å². The van der Waals surface area contributed by atoms with Gasteiger partial charge >= 0.3 is 0 Å². The Balaban J connectivity index is 3.61. The van der Waals surface area contributed by atoms with Gasteiger partial charge in [-0.25, -0.2) is 0 Å². The highest BCUT2D eigenvalue weighted by atomic mass is 32.2. The monoisotopic (exact) mass is 432 g/mol. The molecule has 0 unspecified atom stereocenters. The Kier molecular flexibility index (Phi) is 21.7. The van der Waals surface area contributed by atoms with Crippen LogP contribution in [0.15, 0.2) is 47.4 Å². The molecule has 0 fully saturated rings. The van der Waals surface area contributed by atoms with Crippen molar-refractivity contribution in [2.45, 2.75) is 90.4 Å². The summed E-state index contributed by atoms with van der Waals surface area (Å²) >= 11 is 1.81. The number of unbranched alkanes of at least 4 members (excludes halogenated alkanes) is 8. The molecule has 172 valence electrons. The van der Waals surface area contributed by atoms with Crippen molar-refractivity contribution in [3.8, 4) is 0 Å². The zero-order valence-corrected chi connectivity index (χ0v) is 21.1. The molecule has 0 heterocycles. The zero-order valence-electron chi connectivity index (χ0n) is 20.2. The average molecular weight is 433 g/mol. The first kappa shape index (κ1) is 28.9. The molecule has 0 bridgehead atoms. The first-order valence-electron chi connectivity index (χ1n) is 12.1. The van der Waals surface area contributed by atoms with Gasteiger partial charge in [0.05, 0.1) is 0 Å². The predicted octanol–water partition coefficient (Wildman–Crippen LogP) is 7.86. The van der Waals surface area contributed by atoms with Gasteiger partial charge in [-0.2, -0.15) is 0 Å². The summed E-state index contributed by atoms with van der Waals surface area (Å²) in [4.78, 5) is 2.20. The number of hydrogen-bond acceptors (Lipinski definition) is 3. The second-order valence-electron chi connectivity index (χ2n) is 8.24. The summed E-state index contributed by atoms with van der Waals surface area (Å²) in [5, 5.41) is 4.56. The zero-order chi connectivity index (χ0) is 22.3. The number of nitrogens with zero attached hydrogens (tertiary/aromatic N) is 1. The van der Waals surface area contributed by atoms with Crippen molar-refractivity contribution in [3.05, 3.63) is 47.4 Å². The first-order chi connectivity index (χ1) is 14.6. The molecular formula is C27H48N2S. The number of hydrogen-bond donors (Lipinski definition) is 1. The van der Waals surface area contributed by atoms with Crippen LogP contribution in [0.1, 0.15) is 90.4 Å². The minimum Gasteiger partial charge on any atom is -0.373 e. The van der Waals surface area contributed by atoms with Crippen molar-refractivity contribution in [2.75, 3.05) is 32.9 Å². The molecule has 1 N–H and O–H groups in total. The number of nitrogens with one attached hydrogen (secondary N) is 1. The molecule has 0 saturated heterocycles. The Morgan fingerprint density at radius 2 is 1.57 bits per heavy atom. The molecule has 0 spiro atoms. The topological polar surface area (TPSA) is 15.3 Å². The van der Waals surface area contributed by atoms with E-state index in [9.17, 15) is 0 Å². The average Bonchev–Trinajstić information content (AvgIpc) is 2.74. The number of thioether (sulfide) groups is 1. The molecule has 0 aromatic rings. The lowest BCUT2D eigenvalue weighted by Gasteiger charge is -2.11. The molecule has 0 aliphatic rings. The van der Waals surface area contributed by atoms with Gasteiger partial charge in [0.25, 0.3) is 0 Å². The quantitative estimate of drug-likeness (QED) is 0.113. The van der Waals surface area contributed by atoms with Crippen molar-refractivity contribution in [1.82, 2.24) is 10.2 Å². The van der Waals surface area contributed by atoms with Crippen LogP contribution in [0.2, 0.25) is 0 Å². The largest absolute Gasteiger partial charge is 0.373 e. The molecule has 0 aliphatic carbocycles. The lowest BCUT2D eigenvalue weighted by Crippen LogP contribution is -2.17. The molecule has 0 rings (SSSR count). The van der Waals surface area contributed by atoms with Gasteiger partial charge in [0.1, 0.15) is 5.03 Å². The fourth-order valence-electron chi connectivity index (χ4n) is 3.17. The van der Waals surface area contributed by atoms with Gasteiger partial charge in [-0.1, -0.05) is 88.3 Å². The van der Waals surface area contributed by atoms with Crippen LogP contribution in [0.25, 0.3) is 0 Å². The van der Waals surface area contributed by atoms with Crippen molar-refractivity contribution >= 4 is 11.8 Å². The highest BCUT2D eigenvalue weighted by Crippen LogP contribution is 2.16. The van der Waals surface area contributed by atoms with Crippen LogP contribution >= 0.6 is 11.8 Å². The second kappa shape index (κ2) is 22.6. The highest BCUT2D eigenvalue weighted by Gasteiger charge is 1.99. The van der Waals surface area contributed by atoms with Gasteiger partial charge in [-0.3, -0.25) is 0 Å². The summed E-state index contributed by atoms with van der Waals surface area (Å²) in [6.07, 6.45) is 21.2. The van der Waals surface area contributed by atoms with Gasteiger partial charge in [-0.15, -0.1) is 5.73 Å². The third kappa shape index (κ3) is 20.2. The summed E-state index contributed by atoms with van der Waals surface area (Å²) in [6.45, 7) is 12.1. The van der Waals surface area contributed by atoms with E-state index in [2.05, 4.69) is 68.0 Å². The molecule has 0 aromatic carbocycles. The highest BCUT2D eigenvalue weighted by molar-refractivity contribution is 8.03. The Bertz CT molecular complexity index is 523. The molecule has 3 heteroatoms. The number of allylic oxidation sites excluding steroid dienone is 3. The normalized spacial score (nSPS) is 10.9. The van der Waals surface area contributed by atoms with Crippen molar-refractivity contribution in [2.24, 2.45) is 0 Å². The first-order valence-corrected chi connectivity index (χ1v) is 13.1. The summed E-state index contributed by atoms with van der Waals surface area (Å²) in [7, 11) is 4.21. The van der Waals surface area contributed by atoms with Crippen LogP contribution in [0.4, 0.5) is 0 Å². The van der Waals surface area contributed by atoms with Gasteiger partial charge in [0.2, 0.25) is 0 Å². The molecule has 0 aromatic heterocycles. The van der Waals surface area contributed by atoms with E-state index < -0.39 is 0 Å². The lowest BCUT2D eigenvalue weighted by molar-refractivity contribution is 0.437. The Hall–Kier alpha value is -1.11. The molecule has 0 aliphatic heterocycles. The smallest absolute Gasteiger partial charge is 0.111 e. The summed E-state index contributed by atoms with van der Waals surface area (Å²) < 4.78 is 0. The number of rotatable bonds is 21. The molecule has 2 nitrogen and oxygen atoms in total. The predicted molar refractivity (Wildman–Crippen MR) is 139 cm³/mol. The van der Waals surface area contributed by atoms with Crippen molar-refractivity contribution in [1.29, 1.82) is 0 Å². The van der Waals surface area contributed by atoms with Gasteiger partial charge in [0.15, 0.2) is 0 Å². The van der Waals surface area contributed by atoms with E-state index in [1.807, 2.05) is 11.8 Å². The van der Waals surface area contributed by atoms with Crippen LogP contribution in [-0.4, -0.2) is 37.8 Å². The van der Waals surface area contributed by atoms with E-state index in [1.165, 1.54) is 69.8 Å². The minimum atomic E-state index is 1.02. The fraction of sp³-hybridized carbons (Fsp3) is 0.704. The third-order valence-corrected chi connectivity index (χ3v) is 6.10. The summed E-state index contributed by atoms with van der Waals surface area (Å²) in [5.41, 5.74) is 7.60. The summed E-state index contributed by atoms with van der Waals surface area (Å²) in [5.74, 6) is 1.08. The van der Waals surface area contributed by atoms with Crippen LogP contribution in [-0.2, 0) is 0 Å². The second-order valence-corrected chi connectivity index (χ2v) is 9.35. The fourth-order valence-corrected chi connectivity index (χ4v) is 4.14. The Morgan fingerprint density at radius 1 is 0.867 bits per heavy atom. The minimum absolute atomic E-state index is 1.02. The van der Waals surface area contributed by atoms with E-state index in [0.717, 1.165) is 43.1 Å². The molecule has 0 atom stereocenters. The van der Waals surface area contributed by atoms with E-state index in [-0.39, 0.29) is 0 Å². The maximum atomic E-state index is 3.89. The Labute approximate surface area is 192 Å². The van der Waals surface area contributed by atoms with E-state index >= 15 is 0 Å². The van der Waals surface area contributed by atoms with Gasteiger partial charge in [-0.05, 0) is 64.6 Å². The molecular weight excluding hydrogens is 384 g/mol. The van der Waals surface area contributed by atoms with E-state index in [1.54, 1.807) is 0 Å². The van der Waals surface area contributed by atoms with Gasteiger partial charge in [0, 0.05) is 18.8 Å². The standard InChI is InChI=1S/C27H48N2S/c1-6-9-10-11-12-13-15-18-21-26(7-2)22-19-16-14-17-20-23-28-27(8-3)30-25-24-29(4)5/h13,15,28H,2-3,6,9-12,14,16-25H2,1,4-5H3/b15-13-. The van der Waals surface area contributed by atoms with Crippen LogP contribution in [0.5, 0.6) is 0 Å². The van der Waals surface area contributed by atoms with E-state index in [4.69, 9.17) is 0 Å². The van der Waals surface area contributed by atoms with Crippen molar-refractivity contribution in [3.63, 3.8) is 0 Å². The summed E-state index contributed by atoms with van der Waals surface area (Å²) in [6, 6.07) is 0. The Morgan fingerprint density at radius 3 is 2.27 bits per heavy atom. The van der Waals surface area contributed by atoms with E-state index in [0.29, 0.717) is 0 Å².